The van der Waals surface area contributed by atoms with Gasteiger partial charge in [-0.2, -0.15) is 0 Å². The van der Waals surface area contributed by atoms with E-state index in [0.717, 1.165) is 79.9 Å². The van der Waals surface area contributed by atoms with E-state index in [0.29, 0.717) is 42.8 Å². The molecule has 1 unspecified atom stereocenters. The van der Waals surface area contributed by atoms with E-state index < -0.39 is 5.97 Å². The number of carbonyl (C=O) groups excluding carboxylic acids is 1. The van der Waals surface area contributed by atoms with Gasteiger partial charge < -0.3 is 23.9 Å². The van der Waals surface area contributed by atoms with Gasteiger partial charge in [0.2, 0.25) is 5.88 Å². The zero-order chi connectivity index (χ0) is 30.9. The number of aromatic carboxylic acids is 1. The topological polar surface area (TPSA) is 116 Å². The monoisotopic (exact) mass is 610 g/mol. The van der Waals surface area contributed by atoms with Crippen LogP contribution in [0.4, 0.5) is 0 Å². The standard InChI is InChI=1S/C35H38N4O6/c1-22(40)24-5-6-26(32(18-24)45-27-8-9-27)21-44-34-4-2-3-29(37-34)23-11-14-38(15-12-23)20-33-36-30-10-7-25(35(41)42)17-31(30)39(33)19-28-13-16-43-28/h2-7,10,17-18,23,27-28H,8-9,11-16,19-21H2,1H3,(H,41,42). The number of fused-ring (bicyclic) bond motifs is 1. The largest absolute Gasteiger partial charge is 0.490 e. The molecule has 2 saturated heterocycles. The summed E-state index contributed by atoms with van der Waals surface area (Å²) in [6.45, 7) is 5.84. The molecule has 3 fully saturated rings. The Morgan fingerprint density at radius 3 is 2.49 bits per heavy atom. The fourth-order valence-electron chi connectivity index (χ4n) is 6.11. The number of ether oxygens (including phenoxy) is 3. The number of hydrogen-bond acceptors (Lipinski definition) is 8. The van der Waals surface area contributed by atoms with Gasteiger partial charge >= 0.3 is 5.97 Å². The van der Waals surface area contributed by atoms with Crippen LogP contribution in [0.2, 0.25) is 0 Å². The number of carbonyl (C=O) groups is 2. The van der Waals surface area contributed by atoms with Crippen LogP contribution in [0.3, 0.4) is 0 Å². The molecule has 2 aliphatic heterocycles. The van der Waals surface area contributed by atoms with Crippen molar-refractivity contribution in [2.24, 2.45) is 0 Å². The van der Waals surface area contributed by atoms with Crippen LogP contribution in [-0.2, 0) is 24.4 Å². The highest BCUT2D eigenvalue weighted by Gasteiger charge is 2.27. The van der Waals surface area contributed by atoms with Gasteiger partial charge in [-0.1, -0.05) is 18.2 Å². The number of Topliss-reactive ketones (excluding diaryl/α,β-unsaturated/α-hetero) is 1. The van der Waals surface area contributed by atoms with E-state index in [9.17, 15) is 14.7 Å². The van der Waals surface area contributed by atoms with Crippen LogP contribution in [0.1, 0.15) is 82.7 Å². The average Bonchev–Trinajstić information content (AvgIpc) is 3.78. The summed E-state index contributed by atoms with van der Waals surface area (Å²) in [7, 11) is 0. The van der Waals surface area contributed by atoms with Crippen molar-refractivity contribution in [3.63, 3.8) is 0 Å². The van der Waals surface area contributed by atoms with Crippen molar-refractivity contribution >= 4 is 22.8 Å². The molecule has 7 rings (SSSR count). The van der Waals surface area contributed by atoms with Crippen molar-refractivity contribution in [1.29, 1.82) is 0 Å². The Labute approximate surface area is 261 Å². The minimum atomic E-state index is -0.938. The second-order valence-electron chi connectivity index (χ2n) is 12.4. The van der Waals surface area contributed by atoms with Gasteiger partial charge in [-0.05, 0) is 82.4 Å². The molecule has 0 radical (unpaired) electrons. The highest BCUT2D eigenvalue weighted by Crippen LogP contribution is 2.32. The molecule has 0 bridgehead atoms. The van der Waals surface area contributed by atoms with Gasteiger partial charge in [0, 0.05) is 35.4 Å². The molecule has 0 amide bonds. The minimum Gasteiger partial charge on any atom is -0.490 e. The van der Waals surface area contributed by atoms with E-state index in [1.165, 1.54) is 0 Å². The smallest absolute Gasteiger partial charge is 0.335 e. The van der Waals surface area contributed by atoms with Gasteiger partial charge in [0.25, 0.3) is 0 Å². The third-order valence-electron chi connectivity index (χ3n) is 9.04. The van der Waals surface area contributed by atoms with Crippen LogP contribution >= 0.6 is 0 Å². The summed E-state index contributed by atoms with van der Waals surface area (Å²) in [5, 5.41) is 9.54. The fraction of sp³-hybridized carbons (Fsp3) is 0.429. The zero-order valence-corrected chi connectivity index (χ0v) is 25.5. The predicted octanol–water partition coefficient (Wildman–Crippen LogP) is 5.62. The third-order valence-corrected chi connectivity index (χ3v) is 9.04. The van der Waals surface area contributed by atoms with Crippen LogP contribution in [-0.4, -0.2) is 68.2 Å². The first-order chi connectivity index (χ1) is 21.9. The summed E-state index contributed by atoms with van der Waals surface area (Å²) in [5.41, 5.74) is 4.49. The molecule has 1 atom stereocenters. The van der Waals surface area contributed by atoms with Gasteiger partial charge in [0.05, 0.1) is 41.9 Å². The molecule has 1 aliphatic carbocycles. The van der Waals surface area contributed by atoms with E-state index in [4.69, 9.17) is 24.2 Å². The molecule has 2 aromatic carbocycles. The molecule has 0 spiro atoms. The van der Waals surface area contributed by atoms with Crippen molar-refractivity contribution in [2.75, 3.05) is 19.7 Å². The lowest BCUT2D eigenvalue weighted by molar-refractivity contribution is -0.0592. The van der Waals surface area contributed by atoms with Crippen LogP contribution in [0.5, 0.6) is 11.6 Å². The van der Waals surface area contributed by atoms with Crippen molar-refractivity contribution in [2.45, 2.75) is 76.9 Å². The first kappa shape index (κ1) is 29.4. The highest BCUT2D eigenvalue weighted by molar-refractivity contribution is 5.94. The maximum Gasteiger partial charge on any atom is 0.335 e. The number of carboxylic acid groups (broad SMARTS) is 1. The number of likely N-dealkylation sites (tertiary alicyclic amines) is 1. The number of carboxylic acids is 1. The molecular formula is C35H38N4O6. The number of hydrogen-bond donors (Lipinski definition) is 1. The Morgan fingerprint density at radius 2 is 1.78 bits per heavy atom. The molecular weight excluding hydrogens is 572 g/mol. The van der Waals surface area contributed by atoms with E-state index in [1.807, 2.05) is 30.3 Å². The van der Waals surface area contributed by atoms with E-state index in [1.54, 1.807) is 25.1 Å². The lowest BCUT2D eigenvalue weighted by Gasteiger charge is -2.32. The summed E-state index contributed by atoms with van der Waals surface area (Å²) < 4.78 is 20.1. The molecule has 1 saturated carbocycles. The first-order valence-corrected chi connectivity index (χ1v) is 15.9. The van der Waals surface area contributed by atoms with Crippen LogP contribution < -0.4 is 9.47 Å². The normalized spacial score (nSPS) is 18.9. The van der Waals surface area contributed by atoms with E-state index in [-0.39, 0.29) is 23.6 Å². The number of rotatable bonds is 12. The number of piperidine rings is 1. The SMILES string of the molecule is CC(=O)c1ccc(COc2cccc(C3CCN(Cc4nc5ccc(C(=O)O)cc5n4CC4CCO4)CC3)n2)c(OC2CC2)c1. The number of nitrogens with zero attached hydrogens (tertiary/aromatic N) is 4. The Balaban J connectivity index is 0.994. The maximum atomic E-state index is 11.9. The predicted molar refractivity (Wildman–Crippen MR) is 167 cm³/mol. The quantitative estimate of drug-likeness (QED) is 0.204. The van der Waals surface area contributed by atoms with E-state index in [2.05, 4.69) is 15.5 Å². The molecule has 1 N–H and O–H groups in total. The van der Waals surface area contributed by atoms with Gasteiger partial charge in [-0.25, -0.2) is 14.8 Å². The Bertz CT molecular complexity index is 1720. The van der Waals surface area contributed by atoms with Crippen molar-refractivity contribution in [3.8, 4) is 11.6 Å². The molecule has 45 heavy (non-hydrogen) atoms. The average molecular weight is 611 g/mol. The molecule has 234 valence electrons. The van der Waals surface area contributed by atoms with Crippen molar-refractivity contribution in [1.82, 2.24) is 19.4 Å². The first-order valence-electron chi connectivity index (χ1n) is 15.9. The van der Waals surface area contributed by atoms with Gasteiger partial charge in [-0.3, -0.25) is 9.69 Å². The van der Waals surface area contributed by atoms with Gasteiger partial charge in [0.1, 0.15) is 18.2 Å². The third kappa shape index (κ3) is 6.72. The number of ketones is 1. The van der Waals surface area contributed by atoms with Crippen molar-refractivity contribution < 1.29 is 28.9 Å². The molecule has 4 aromatic rings. The lowest BCUT2D eigenvalue weighted by atomic mass is 9.93. The minimum absolute atomic E-state index is 0.0137. The summed E-state index contributed by atoms with van der Waals surface area (Å²) in [6.07, 6.45) is 5.37. The molecule has 2 aromatic heterocycles. The second-order valence-corrected chi connectivity index (χ2v) is 12.4. The molecule has 10 nitrogen and oxygen atoms in total. The second kappa shape index (κ2) is 12.6. The summed E-state index contributed by atoms with van der Waals surface area (Å²) in [5.74, 6) is 1.64. The Kier molecular flexibility index (Phi) is 8.25. The van der Waals surface area contributed by atoms with Crippen molar-refractivity contribution in [3.05, 3.63) is 82.8 Å². The van der Waals surface area contributed by atoms with Crippen LogP contribution in [0.15, 0.2) is 54.6 Å². The van der Waals surface area contributed by atoms with E-state index >= 15 is 0 Å². The van der Waals surface area contributed by atoms with Gasteiger partial charge in [0.15, 0.2) is 5.78 Å². The zero-order valence-electron chi connectivity index (χ0n) is 25.5. The Hall–Kier alpha value is -4.28. The molecule has 4 heterocycles. The number of pyridine rings is 1. The maximum absolute atomic E-state index is 11.9. The molecule has 3 aliphatic rings. The number of benzene rings is 2. The Morgan fingerprint density at radius 1 is 0.978 bits per heavy atom. The van der Waals surface area contributed by atoms with Crippen LogP contribution in [0.25, 0.3) is 11.0 Å². The highest BCUT2D eigenvalue weighted by atomic mass is 16.5. The van der Waals surface area contributed by atoms with Gasteiger partial charge in [-0.15, -0.1) is 0 Å². The lowest BCUT2D eigenvalue weighted by Crippen LogP contribution is -2.35. The summed E-state index contributed by atoms with van der Waals surface area (Å²) >= 11 is 0. The van der Waals surface area contributed by atoms with Crippen LogP contribution in [0, 0.1) is 0 Å². The molecule has 10 heteroatoms. The number of imidazole rings is 1. The summed E-state index contributed by atoms with van der Waals surface area (Å²) in [6, 6.07) is 16.7. The number of aromatic nitrogens is 3. The summed E-state index contributed by atoms with van der Waals surface area (Å²) in [4.78, 5) is 35.7. The fourth-order valence-corrected chi connectivity index (χ4v) is 6.11.